The van der Waals surface area contributed by atoms with Crippen LogP contribution in [0.15, 0.2) is 78.9 Å². The Hall–Kier alpha value is -3.57. The first kappa shape index (κ1) is 22.6. The second-order valence-electron chi connectivity index (χ2n) is 7.62. The predicted molar refractivity (Wildman–Crippen MR) is 129 cm³/mol. The lowest BCUT2D eigenvalue weighted by Gasteiger charge is -2.15. The standard InChI is InChI=1S/C25H22F2N3O2P/c1-15(21-5-3-7-23(28)30-21)29-24(31)17-8-13-20-16(14-17)4-2-6-22(20)32-19-11-9-18(10-12-19)25(26,27)33/h2-15H,33H2,1H3,(H2,28,30)(H,29,31). The van der Waals surface area contributed by atoms with Crippen molar-refractivity contribution in [1.29, 1.82) is 0 Å². The van der Waals surface area contributed by atoms with Gasteiger partial charge in [-0.3, -0.25) is 4.79 Å². The third-order valence-corrected chi connectivity index (χ3v) is 5.49. The molecule has 0 aliphatic carbocycles. The first-order valence-electron chi connectivity index (χ1n) is 10.2. The summed E-state index contributed by atoms with van der Waals surface area (Å²) in [7, 11) is 1.52. The molecular weight excluding hydrogens is 443 g/mol. The molecule has 0 fully saturated rings. The van der Waals surface area contributed by atoms with Crippen molar-refractivity contribution in [3.05, 3.63) is 95.7 Å². The van der Waals surface area contributed by atoms with Crippen molar-refractivity contribution in [2.24, 2.45) is 0 Å². The molecule has 2 unspecified atom stereocenters. The van der Waals surface area contributed by atoms with Crippen molar-refractivity contribution in [2.45, 2.75) is 18.6 Å². The minimum absolute atomic E-state index is 0.115. The Balaban J connectivity index is 1.53. The van der Waals surface area contributed by atoms with E-state index in [0.29, 0.717) is 28.6 Å². The second-order valence-corrected chi connectivity index (χ2v) is 8.35. The number of halogens is 2. The Morgan fingerprint density at radius 2 is 1.79 bits per heavy atom. The molecule has 1 amide bonds. The lowest BCUT2D eigenvalue weighted by atomic mass is 10.1. The third-order valence-electron chi connectivity index (χ3n) is 5.15. The fourth-order valence-electron chi connectivity index (χ4n) is 3.42. The van der Waals surface area contributed by atoms with Crippen LogP contribution < -0.4 is 15.8 Å². The van der Waals surface area contributed by atoms with Crippen LogP contribution in [-0.4, -0.2) is 10.9 Å². The molecule has 4 rings (SSSR count). The van der Waals surface area contributed by atoms with Crippen LogP contribution in [0.2, 0.25) is 0 Å². The number of ether oxygens (including phenoxy) is 1. The highest BCUT2D eigenvalue weighted by molar-refractivity contribution is 7.17. The molecule has 5 nitrogen and oxygen atoms in total. The number of amides is 1. The van der Waals surface area contributed by atoms with Gasteiger partial charge in [-0.25, -0.2) is 4.98 Å². The zero-order valence-corrected chi connectivity index (χ0v) is 18.9. The van der Waals surface area contributed by atoms with Crippen LogP contribution in [-0.2, 0) is 5.66 Å². The van der Waals surface area contributed by atoms with E-state index in [1.807, 2.05) is 19.1 Å². The maximum Gasteiger partial charge on any atom is 0.283 e. The number of carbonyl (C=O) groups is 1. The number of alkyl halides is 2. The summed E-state index contributed by atoms with van der Waals surface area (Å²) in [6, 6.07) is 21.4. The van der Waals surface area contributed by atoms with Gasteiger partial charge in [-0.1, -0.05) is 27.4 Å². The summed E-state index contributed by atoms with van der Waals surface area (Å²) in [5, 5.41) is 4.53. The number of anilines is 1. The van der Waals surface area contributed by atoms with Gasteiger partial charge in [0.2, 0.25) is 0 Å². The highest BCUT2D eigenvalue weighted by Crippen LogP contribution is 2.36. The number of hydrogen-bond donors (Lipinski definition) is 2. The van der Waals surface area contributed by atoms with Crippen molar-refractivity contribution >= 4 is 31.7 Å². The van der Waals surface area contributed by atoms with Gasteiger partial charge in [0, 0.05) is 16.5 Å². The highest BCUT2D eigenvalue weighted by atomic mass is 31.0. The number of rotatable bonds is 6. The Labute approximate surface area is 192 Å². The molecule has 0 radical (unpaired) electrons. The van der Waals surface area contributed by atoms with E-state index in [4.69, 9.17) is 10.5 Å². The van der Waals surface area contributed by atoms with Gasteiger partial charge in [-0.05, 0) is 73.0 Å². The number of benzene rings is 3. The molecule has 3 N–H and O–H groups in total. The van der Waals surface area contributed by atoms with Gasteiger partial charge in [-0.2, -0.15) is 8.78 Å². The number of carbonyl (C=O) groups excluding carboxylic acids is 1. The number of hydrogen-bond acceptors (Lipinski definition) is 4. The Morgan fingerprint density at radius 3 is 2.48 bits per heavy atom. The molecular formula is C25H22F2N3O2P. The van der Waals surface area contributed by atoms with Gasteiger partial charge in [0.15, 0.2) is 0 Å². The van der Waals surface area contributed by atoms with Crippen LogP contribution in [0.4, 0.5) is 14.6 Å². The first-order chi connectivity index (χ1) is 15.7. The molecule has 4 aromatic rings. The maximum atomic E-state index is 13.4. The normalized spacial score (nSPS) is 12.4. The zero-order chi connectivity index (χ0) is 23.6. The summed E-state index contributed by atoms with van der Waals surface area (Å²) in [6.45, 7) is 1.84. The number of nitrogens with one attached hydrogen (secondary N) is 1. The molecule has 1 aromatic heterocycles. The molecule has 0 aliphatic heterocycles. The minimum atomic E-state index is -2.99. The van der Waals surface area contributed by atoms with Crippen LogP contribution in [0, 0.1) is 0 Å². The molecule has 0 saturated heterocycles. The van der Waals surface area contributed by atoms with Crippen LogP contribution in [0.5, 0.6) is 11.5 Å². The summed E-state index contributed by atoms with van der Waals surface area (Å²) < 4.78 is 32.7. The smallest absolute Gasteiger partial charge is 0.283 e. The van der Waals surface area contributed by atoms with Crippen molar-refractivity contribution in [2.75, 3.05) is 5.73 Å². The van der Waals surface area contributed by atoms with Crippen molar-refractivity contribution < 1.29 is 18.3 Å². The molecule has 0 aliphatic rings. The van der Waals surface area contributed by atoms with Crippen LogP contribution >= 0.6 is 9.24 Å². The monoisotopic (exact) mass is 465 g/mol. The molecule has 0 bridgehead atoms. The molecule has 2 atom stereocenters. The maximum absolute atomic E-state index is 13.4. The van der Waals surface area contributed by atoms with E-state index < -0.39 is 5.66 Å². The van der Waals surface area contributed by atoms with Crippen LogP contribution in [0.25, 0.3) is 10.8 Å². The molecule has 0 spiro atoms. The van der Waals surface area contributed by atoms with Crippen molar-refractivity contribution in [3.8, 4) is 11.5 Å². The average Bonchev–Trinajstić information content (AvgIpc) is 2.78. The molecule has 1 heterocycles. The summed E-state index contributed by atoms with van der Waals surface area (Å²) in [4.78, 5) is 17.0. The van der Waals surface area contributed by atoms with E-state index in [1.165, 1.54) is 33.5 Å². The Kier molecular flexibility index (Phi) is 6.25. The van der Waals surface area contributed by atoms with Gasteiger partial charge >= 0.3 is 0 Å². The number of fused-ring (bicyclic) bond motifs is 1. The van der Waals surface area contributed by atoms with Gasteiger partial charge in [0.1, 0.15) is 17.3 Å². The first-order valence-corrected chi connectivity index (χ1v) is 10.8. The highest BCUT2D eigenvalue weighted by Gasteiger charge is 2.24. The number of nitrogens with two attached hydrogens (primary N) is 1. The number of pyridine rings is 1. The largest absolute Gasteiger partial charge is 0.457 e. The Morgan fingerprint density at radius 1 is 1.06 bits per heavy atom. The summed E-state index contributed by atoms with van der Waals surface area (Å²) in [5.74, 6) is 1.14. The number of aromatic nitrogens is 1. The SMILES string of the molecule is CC(NC(=O)c1ccc2c(Oc3ccc(C(F)(F)P)cc3)cccc2c1)c1cccc(N)n1. The third kappa shape index (κ3) is 5.26. The zero-order valence-electron chi connectivity index (χ0n) is 17.8. The van der Waals surface area contributed by atoms with Crippen LogP contribution in [0.3, 0.4) is 0 Å². The van der Waals surface area contributed by atoms with E-state index in [9.17, 15) is 13.6 Å². The number of nitrogen functional groups attached to an aromatic ring is 1. The summed E-state index contributed by atoms with van der Waals surface area (Å²) >= 11 is 0. The van der Waals surface area contributed by atoms with Gasteiger partial charge in [0.05, 0.1) is 11.7 Å². The second kappa shape index (κ2) is 9.12. The van der Waals surface area contributed by atoms with E-state index >= 15 is 0 Å². The molecule has 33 heavy (non-hydrogen) atoms. The predicted octanol–water partition coefficient (Wildman–Crippen LogP) is 6.02. The molecule has 0 saturated carbocycles. The summed E-state index contributed by atoms with van der Waals surface area (Å²) in [5.41, 5.74) is 3.78. The van der Waals surface area contributed by atoms with Gasteiger partial charge in [-0.15, -0.1) is 0 Å². The number of nitrogens with zero attached hydrogens (tertiary/aromatic N) is 1. The van der Waals surface area contributed by atoms with Gasteiger partial charge < -0.3 is 15.8 Å². The van der Waals surface area contributed by atoms with Crippen molar-refractivity contribution in [1.82, 2.24) is 10.3 Å². The average molecular weight is 465 g/mol. The molecule has 8 heteroatoms. The Bertz CT molecular complexity index is 1310. The fourth-order valence-corrected chi connectivity index (χ4v) is 3.61. The van der Waals surface area contributed by atoms with E-state index in [-0.39, 0.29) is 17.5 Å². The lowest BCUT2D eigenvalue weighted by molar-refractivity contribution is 0.0938. The topological polar surface area (TPSA) is 77.2 Å². The van der Waals surface area contributed by atoms with E-state index in [1.54, 1.807) is 42.5 Å². The molecule has 168 valence electrons. The lowest BCUT2D eigenvalue weighted by Crippen LogP contribution is -2.27. The summed E-state index contributed by atoms with van der Waals surface area (Å²) in [6.07, 6.45) is 0. The van der Waals surface area contributed by atoms with Crippen molar-refractivity contribution in [3.63, 3.8) is 0 Å². The van der Waals surface area contributed by atoms with E-state index in [2.05, 4.69) is 10.3 Å². The fraction of sp³-hybridized carbons (Fsp3) is 0.120. The van der Waals surface area contributed by atoms with Gasteiger partial charge in [0.25, 0.3) is 11.6 Å². The van der Waals surface area contributed by atoms with E-state index in [0.717, 1.165) is 10.8 Å². The quantitative estimate of drug-likeness (QED) is 0.341. The van der Waals surface area contributed by atoms with Crippen LogP contribution in [0.1, 0.15) is 34.6 Å². The molecule has 3 aromatic carbocycles. The minimum Gasteiger partial charge on any atom is -0.457 e.